The number of hydrogen-bond acceptors (Lipinski definition) is 4. The Balaban J connectivity index is 1.95. The summed E-state index contributed by atoms with van der Waals surface area (Å²) in [4.78, 5) is 3.81. The number of nitrogens with one attached hydrogen (secondary N) is 1. The molecular weight excluding hydrogens is 286 g/mol. The van der Waals surface area contributed by atoms with Crippen LogP contribution in [0.25, 0.3) is 0 Å². The molecule has 0 bridgehead atoms. The third-order valence-corrected chi connectivity index (χ3v) is 5.21. The van der Waals surface area contributed by atoms with E-state index >= 15 is 0 Å². The van der Waals surface area contributed by atoms with Crippen molar-refractivity contribution in [2.75, 3.05) is 12.3 Å². The molecule has 1 fully saturated rings. The lowest BCUT2D eigenvalue weighted by Gasteiger charge is -2.10. The fourth-order valence-electron chi connectivity index (χ4n) is 2.36. The van der Waals surface area contributed by atoms with Gasteiger partial charge in [0.1, 0.15) is 10.7 Å². The molecule has 1 aromatic heterocycles. The Labute approximate surface area is 118 Å². The molecule has 0 saturated heterocycles. The van der Waals surface area contributed by atoms with E-state index in [0.29, 0.717) is 12.5 Å². The van der Waals surface area contributed by atoms with E-state index in [1.54, 1.807) is 0 Å². The number of nitrogens with zero attached hydrogens (tertiary/aromatic N) is 1. The van der Waals surface area contributed by atoms with Crippen molar-refractivity contribution >= 4 is 27.4 Å². The fraction of sp³-hybridized carbons (Fsp3) is 0.583. The van der Waals surface area contributed by atoms with Crippen LogP contribution >= 0.6 is 11.6 Å². The zero-order valence-electron chi connectivity index (χ0n) is 10.6. The minimum absolute atomic E-state index is 0.0538. The fourth-order valence-corrected chi connectivity index (χ4v) is 3.61. The maximum atomic E-state index is 12.0. The number of nitrogen functional groups attached to an aromatic ring is 1. The van der Waals surface area contributed by atoms with E-state index in [-0.39, 0.29) is 15.7 Å². The number of aromatic nitrogens is 1. The van der Waals surface area contributed by atoms with Crippen molar-refractivity contribution in [2.45, 2.75) is 37.0 Å². The molecular formula is C12H18ClN3O2S. The van der Waals surface area contributed by atoms with Crippen LogP contribution in [0.4, 0.5) is 5.82 Å². The second-order valence-electron chi connectivity index (χ2n) is 4.88. The molecule has 0 atom stereocenters. The van der Waals surface area contributed by atoms with Gasteiger partial charge in [0.15, 0.2) is 0 Å². The molecule has 7 heteroatoms. The van der Waals surface area contributed by atoms with Crippen LogP contribution in [-0.4, -0.2) is 19.9 Å². The van der Waals surface area contributed by atoms with E-state index in [1.165, 1.54) is 37.9 Å². The predicted molar refractivity (Wildman–Crippen MR) is 75.4 cm³/mol. The molecule has 0 spiro atoms. The minimum Gasteiger partial charge on any atom is -0.382 e. The number of sulfonamides is 1. The summed E-state index contributed by atoms with van der Waals surface area (Å²) < 4.78 is 26.6. The van der Waals surface area contributed by atoms with Crippen molar-refractivity contribution in [1.82, 2.24) is 9.71 Å². The summed E-state index contributed by atoms with van der Waals surface area (Å²) in [6, 6.07) is 1.32. The largest absolute Gasteiger partial charge is 0.382 e. The molecule has 0 amide bonds. The van der Waals surface area contributed by atoms with Crippen LogP contribution in [0.5, 0.6) is 0 Å². The van der Waals surface area contributed by atoms with Gasteiger partial charge in [-0.1, -0.05) is 37.3 Å². The van der Waals surface area contributed by atoms with E-state index in [0.717, 1.165) is 6.42 Å². The topological polar surface area (TPSA) is 85.1 Å². The third-order valence-electron chi connectivity index (χ3n) is 3.47. The molecule has 1 aromatic rings. The first kappa shape index (κ1) is 14.6. The third kappa shape index (κ3) is 3.81. The summed E-state index contributed by atoms with van der Waals surface area (Å²) in [5.74, 6) is 0.780. The van der Waals surface area contributed by atoms with Crippen molar-refractivity contribution in [1.29, 1.82) is 0 Å². The average molecular weight is 304 g/mol. The van der Waals surface area contributed by atoms with Crippen molar-refractivity contribution in [3.05, 3.63) is 17.3 Å². The summed E-state index contributed by atoms with van der Waals surface area (Å²) in [5.41, 5.74) is 5.46. The SMILES string of the molecule is Nc1ncc(S(=O)(=O)NCCC2CCCC2)cc1Cl. The molecule has 1 saturated carbocycles. The van der Waals surface area contributed by atoms with Crippen LogP contribution in [0.3, 0.4) is 0 Å². The van der Waals surface area contributed by atoms with Gasteiger partial charge in [-0.05, 0) is 18.4 Å². The van der Waals surface area contributed by atoms with Crippen LogP contribution in [0.1, 0.15) is 32.1 Å². The summed E-state index contributed by atoms with van der Waals surface area (Å²) in [6.07, 6.45) is 7.03. The predicted octanol–water partition coefficient (Wildman–Crippen LogP) is 2.18. The van der Waals surface area contributed by atoms with E-state index in [9.17, 15) is 8.42 Å². The van der Waals surface area contributed by atoms with Crippen LogP contribution in [-0.2, 0) is 10.0 Å². The Bertz CT molecular complexity index is 542. The van der Waals surface area contributed by atoms with Crippen LogP contribution < -0.4 is 10.5 Å². The quantitative estimate of drug-likeness (QED) is 0.873. The summed E-state index contributed by atoms with van der Waals surface area (Å²) in [5, 5.41) is 0.152. The van der Waals surface area contributed by atoms with Crippen molar-refractivity contribution < 1.29 is 8.42 Å². The van der Waals surface area contributed by atoms with Gasteiger partial charge in [-0.2, -0.15) is 0 Å². The molecule has 1 aliphatic rings. The minimum atomic E-state index is -3.54. The first-order valence-electron chi connectivity index (χ1n) is 6.40. The maximum absolute atomic E-state index is 12.0. The van der Waals surface area contributed by atoms with E-state index in [4.69, 9.17) is 17.3 Å². The lowest BCUT2D eigenvalue weighted by molar-refractivity contribution is 0.495. The van der Waals surface area contributed by atoms with Gasteiger partial charge in [0.25, 0.3) is 0 Å². The normalized spacial score (nSPS) is 16.9. The van der Waals surface area contributed by atoms with Crippen LogP contribution in [0.15, 0.2) is 17.2 Å². The van der Waals surface area contributed by atoms with Crippen molar-refractivity contribution in [3.63, 3.8) is 0 Å². The second-order valence-corrected chi connectivity index (χ2v) is 7.05. The van der Waals surface area contributed by atoms with E-state index in [1.807, 2.05) is 0 Å². The van der Waals surface area contributed by atoms with Crippen LogP contribution in [0.2, 0.25) is 5.02 Å². The second kappa shape index (κ2) is 6.07. The highest BCUT2D eigenvalue weighted by molar-refractivity contribution is 7.89. The highest BCUT2D eigenvalue weighted by Crippen LogP contribution is 2.27. The zero-order chi connectivity index (χ0) is 13.9. The number of halogens is 1. The number of pyridine rings is 1. The van der Waals surface area contributed by atoms with Gasteiger partial charge in [0.2, 0.25) is 10.0 Å². The van der Waals surface area contributed by atoms with Gasteiger partial charge < -0.3 is 5.73 Å². The Morgan fingerprint density at radius 1 is 1.42 bits per heavy atom. The summed E-state index contributed by atoms with van der Waals surface area (Å²) >= 11 is 5.78. The molecule has 106 valence electrons. The smallest absolute Gasteiger partial charge is 0.242 e. The standard InChI is InChI=1S/C12H18ClN3O2S/c13-11-7-10(8-15-12(11)14)19(17,18)16-6-5-9-3-1-2-4-9/h7-9,16H,1-6H2,(H2,14,15). The summed E-state index contributed by atoms with van der Waals surface area (Å²) in [7, 11) is -3.54. The molecule has 0 aliphatic heterocycles. The van der Waals surface area contributed by atoms with E-state index in [2.05, 4.69) is 9.71 Å². The van der Waals surface area contributed by atoms with Gasteiger partial charge >= 0.3 is 0 Å². The zero-order valence-corrected chi connectivity index (χ0v) is 12.2. The molecule has 1 heterocycles. The van der Waals surface area contributed by atoms with Gasteiger partial charge in [-0.3, -0.25) is 0 Å². The molecule has 5 nitrogen and oxygen atoms in total. The molecule has 19 heavy (non-hydrogen) atoms. The lowest BCUT2D eigenvalue weighted by atomic mass is 10.1. The molecule has 2 rings (SSSR count). The van der Waals surface area contributed by atoms with Gasteiger partial charge in [0.05, 0.1) is 5.02 Å². The van der Waals surface area contributed by atoms with Gasteiger partial charge in [-0.15, -0.1) is 0 Å². The number of hydrogen-bond donors (Lipinski definition) is 2. The number of rotatable bonds is 5. The Kier molecular flexibility index (Phi) is 4.65. The molecule has 0 unspecified atom stereocenters. The molecule has 0 radical (unpaired) electrons. The number of anilines is 1. The van der Waals surface area contributed by atoms with Crippen molar-refractivity contribution in [3.8, 4) is 0 Å². The molecule has 1 aliphatic carbocycles. The Morgan fingerprint density at radius 3 is 2.74 bits per heavy atom. The average Bonchev–Trinajstić information content (AvgIpc) is 2.85. The van der Waals surface area contributed by atoms with Crippen LogP contribution in [0, 0.1) is 5.92 Å². The first-order valence-corrected chi connectivity index (χ1v) is 8.26. The summed E-state index contributed by atoms with van der Waals surface area (Å²) in [6.45, 7) is 0.453. The number of nitrogens with two attached hydrogens (primary N) is 1. The maximum Gasteiger partial charge on any atom is 0.242 e. The first-order chi connectivity index (χ1) is 8.99. The van der Waals surface area contributed by atoms with Gasteiger partial charge in [0, 0.05) is 12.7 Å². The Morgan fingerprint density at radius 2 is 2.11 bits per heavy atom. The lowest BCUT2D eigenvalue weighted by Crippen LogP contribution is -2.26. The highest BCUT2D eigenvalue weighted by atomic mass is 35.5. The van der Waals surface area contributed by atoms with Gasteiger partial charge in [-0.25, -0.2) is 18.1 Å². The molecule has 3 N–H and O–H groups in total. The highest BCUT2D eigenvalue weighted by Gasteiger charge is 2.18. The molecule has 0 aromatic carbocycles. The monoisotopic (exact) mass is 303 g/mol. The van der Waals surface area contributed by atoms with Crippen molar-refractivity contribution in [2.24, 2.45) is 5.92 Å². The van der Waals surface area contributed by atoms with E-state index < -0.39 is 10.0 Å². The Hall–Kier alpha value is -0.850.